The molecular weight excluding hydrogens is 290 g/mol. The highest BCUT2D eigenvalue weighted by atomic mass is 32.2. The summed E-state index contributed by atoms with van der Waals surface area (Å²) in [6, 6.07) is 0. The summed E-state index contributed by atoms with van der Waals surface area (Å²) in [6.07, 6.45) is 3.61. The van der Waals surface area contributed by atoms with Crippen molar-refractivity contribution in [2.45, 2.75) is 33.2 Å². The van der Waals surface area contributed by atoms with Crippen LogP contribution in [0.4, 0.5) is 0 Å². The third kappa shape index (κ3) is 3.84. The summed E-state index contributed by atoms with van der Waals surface area (Å²) in [5.74, 6) is 1.57. The van der Waals surface area contributed by atoms with E-state index in [4.69, 9.17) is 4.74 Å². The molecule has 1 aliphatic rings. The summed E-state index contributed by atoms with van der Waals surface area (Å²) in [4.78, 5) is 4.48. The number of hydrogen-bond donors (Lipinski definition) is 0. The monoisotopic (exact) mass is 315 g/mol. The van der Waals surface area contributed by atoms with Crippen molar-refractivity contribution in [2.24, 2.45) is 5.92 Å². The molecule has 1 aromatic rings. The first-order chi connectivity index (χ1) is 9.97. The average molecular weight is 315 g/mol. The Morgan fingerprint density at radius 2 is 2.24 bits per heavy atom. The van der Waals surface area contributed by atoms with Gasteiger partial charge in [-0.05, 0) is 26.2 Å². The molecular formula is C14H25N3O3S. The molecule has 1 fully saturated rings. The van der Waals surface area contributed by atoms with E-state index in [1.807, 2.05) is 13.1 Å². The number of methoxy groups -OCH3 is 1. The Bertz CT molecular complexity index is 568. The Labute approximate surface area is 127 Å². The van der Waals surface area contributed by atoms with Crippen LogP contribution < -0.4 is 0 Å². The van der Waals surface area contributed by atoms with Crippen molar-refractivity contribution in [3.8, 4) is 0 Å². The van der Waals surface area contributed by atoms with E-state index in [9.17, 15) is 8.42 Å². The molecule has 1 aromatic heterocycles. The minimum Gasteiger partial charge on any atom is -0.383 e. The van der Waals surface area contributed by atoms with Crippen LogP contribution in [-0.2, 0) is 27.7 Å². The van der Waals surface area contributed by atoms with Crippen LogP contribution in [0.2, 0.25) is 0 Å². The van der Waals surface area contributed by atoms with Gasteiger partial charge in [0.15, 0.2) is 0 Å². The van der Waals surface area contributed by atoms with Gasteiger partial charge in [0, 0.05) is 45.1 Å². The van der Waals surface area contributed by atoms with Crippen molar-refractivity contribution in [1.29, 1.82) is 0 Å². The smallest absolute Gasteiger partial charge is 0.213 e. The average Bonchev–Trinajstić information content (AvgIpc) is 3.06. The molecule has 0 N–H and O–H groups in total. The normalized spacial score (nSPS) is 20.2. The van der Waals surface area contributed by atoms with Crippen LogP contribution in [0.5, 0.6) is 0 Å². The molecule has 21 heavy (non-hydrogen) atoms. The first-order valence-corrected chi connectivity index (χ1v) is 9.06. The van der Waals surface area contributed by atoms with Gasteiger partial charge in [0.05, 0.1) is 12.4 Å². The van der Waals surface area contributed by atoms with E-state index >= 15 is 0 Å². The van der Waals surface area contributed by atoms with E-state index in [0.29, 0.717) is 25.6 Å². The van der Waals surface area contributed by atoms with E-state index in [-0.39, 0.29) is 5.75 Å². The summed E-state index contributed by atoms with van der Waals surface area (Å²) in [5.41, 5.74) is 1.12. The minimum atomic E-state index is -3.06. The molecule has 6 nitrogen and oxygen atoms in total. The van der Waals surface area contributed by atoms with E-state index in [2.05, 4.69) is 9.55 Å². The molecule has 1 atom stereocenters. The lowest BCUT2D eigenvalue weighted by Gasteiger charge is -2.16. The fraction of sp³-hybridized carbons (Fsp3) is 0.786. The SMILES string of the molecule is CCS(=O)(=O)N1CCC(Cc2ncc(C)n2CCOC)C1. The molecule has 2 rings (SSSR count). The Morgan fingerprint density at radius 1 is 1.48 bits per heavy atom. The van der Waals surface area contributed by atoms with Crippen molar-refractivity contribution in [1.82, 2.24) is 13.9 Å². The lowest BCUT2D eigenvalue weighted by molar-refractivity contribution is 0.185. The molecule has 0 aromatic carbocycles. The van der Waals surface area contributed by atoms with Crippen molar-refractivity contribution in [3.05, 3.63) is 17.7 Å². The zero-order valence-corrected chi connectivity index (χ0v) is 13.9. The number of imidazole rings is 1. The maximum absolute atomic E-state index is 11.9. The molecule has 0 saturated carbocycles. The van der Waals surface area contributed by atoms with Gasteiger partial charge >= 0.3 is 0 Å². The molecule has 0 radical (unpaired) electrons. The Balaban J connectivity index is 2.00. The molecule has 1 aliphatic heterocycles. The summed E-state index contributed by atoms with van der Waals surface area (Å²) >= 11 is 0. The molecule has 1 saturated heterocycles. The molecule has 0 bridgehead atoms. The Hall–Kier alpha value is -0.920. The van der Waals surface area contributed by atoms with E-state index in [1.54, 1.807) is 18.3 Å². The largest absolute Gasteiger partial charge is 0.383 e. The highest BCUT2D eigenvalue weighted by Crippen LogP contribution is 2.23. The quantitative estimate of drug-likeness (QED) is 0.754. The van der Waals surface area contributed by atoms with E-state index in [0.717, 1.165) is 30.9 Å². The fourth-order valence-electron chi connectivity index (χ4n) is 2.82. The second-order valence-electron chi connectivity index (χ2n) is 5.58. The first-order valence-electron chi connectivity index (χ1n) is 7.45. The number of aromatic nitrogens is 2. The van der Waals surface area contributed by atoms with Crippen LogP contribution >= 0.6 is 0 Å². The van der Waals surface area contributed by atoms with Gasteiger partial charge in [-0.15, -0.1) is 0 Å². The maximum Gasteiger partial charge on any atom is 0.213 e. The Morgan fingerprint density at radius 3 is 2.90 bits per heavy atom. The van der Waals surface area contributed by atoms with Crippen LogP contribution in [0.15, 0.2) is 6.20 Å². The highest BCUT2D eigenvalue weighted by Gasteiger charge is 2.30. The standard InChI is InChI=1S/C14H25N3O3S/c1-4-21(18,19)16-6-5-13(11-16)9-14-15-10-12(2)17(14)7-8-20-3/h10,13H,4-9,11H2,1-3H3. The lowest BCUT2D eigenvalue weighted by Crippen LogP contribution is -2.30. The van der Waals surface area contributed by atoms with Gasteiger partial charge in [-0.25, -0.2) is 17.7 Å². The number of sulfonamides is 1. The minimum absolute atomic E-state index is 0.182. The van der Waals surface area contributed by atoms with Crippen LogP contribution in [0, 0.1) is 12.8 Å². The Kier molecular flexibility index (Phi) is 5.40. The van der Waals surface area contributed by atoms with Crippen molar-refractivity contribution in [3.63, 3.8) is 0 Å². The molecule has 0 spiro atoms. The van der Waals surface area contributed by atoms with Crippen LogP contribution in [0.3, 0.4) is 0 Å². The third-order valence-electron chi connectivity index (χ3n) is 4.13. The van der Waals surface area contributed by atoms with Gasteiger partial charge < -0.3 is 9.30 Å². The molecule has 7 heteroatoms. The number of hydrogen-bond acceptors (Lipinski definition) is 4. The zero-order valence-electron chi connectivity index (χ0n) is 13.1. The number of ether oxygens (including phenoxy) is 1. The van der Waals surface area contributed by atoms with Crippen molar-refractivity contribution < 1.29 is 13.2 Å². The molecule has 120 valence electrons. The summed E-state index contributed by atoms with van der Waals surface area (Å²) in [6.45, 7) is 6.44. The predicted octanol–water partition coefficient (Wildman–Crippen LogP) is 1.05. The molecule has 0 amide bonds. The summed E-state index contributed by atoms with van der Waals surface area (Å²) in [5, 5.41) is 0. The van der Waals surface area contributed by atoms with Gasteiger partial charge in [0.1, 0.15) is 5.82 Å². The number of aryl methyl sites for hydroxylation is 1. The van der Waals surface area contributed by atoms with Crippen LogP contribution in [0.25, 0.3) is 0 Å². The molecule has 2 heterocycles. The number of nitrogens with zero attached hydrogens (tertiary/aromatic N) is 3. The van der Waals surface area contributed by atoms with Crippen molar-refractivity contribution >= 4 is 10.0 Å². The molecule has 1 unspecified atom stereocenters. The molecule has 0 aliphatic carbocycles. The van der Waals surface area contributed by atoms with Gasteiger partial charge in [-0.2, -0.15) is 0 Å². The zero-order chi connectivity index (χ0) is 15.5. The van der Waals surface area contributed by atoms with Gasteiger partial charge in [-0.3, -0.25) is 0 Å². The van der Waals surface area contributed by atoms with Crippen LogP contribution in [-0.4, -0.2) is 54.8 Å². The number of rotatable bonds is 7. The fourth-order valence-corrected chi connectivity index (χ4v) is 4.01. The predicted molar refractivity (Wildman–Crippen MR) is 81.7 cm³/mol. The van der Waals surface area contributed by atoms with Gasteiger partial charge in [0.25, 0.3) is 0 Å². The summed E-state index contributed by atoms with van der Waals surface area (Å²) in [7, 11) is -1.37. The van der Waals surface area contributed by atoms with E-state index in [1.165, 1.54) is 0 Å². The van der Waals surface area contributed by atoms with Gasteiger partial charge in [0.2, 0.25) is 10.0 Å². The lowest BCUT2D eigenvalue weighted by atomic mass is 10.0. The van der Waals surface area contributed by atoms with Gasteiger partial charge in [-0.1, -0.05) is 0 Å². The maximum atomic E-state index is 11.9. The van der Waals surface area contributed by atoms with Crippen molar-refractivity contribution in [2.75, 3.05) is 32.6 Å². The topological polar surface area (TPSA) is 64.4 Å². The summed E-state index contributed by atoms with van der Waals surface area (Å²) < 4.78 is 32.7. The van der Waals surface area contributed by atoms with E-state index < -0.39 is 10.0 Å². The first kappa shape index (κ1) is 16.5. The third-order valence-corrected chi connectivity index (χ3v) is 5.98. The van der Waals surface area contributed by atoms with Crippen LogP contribution in [0.1, 0.15) is 24.9 Å². The second kappa shape index (κ2) is 6.89. The highest BCUT2D eigenvalue weighted by molar-refractivity contribution is 7.89. The second-order valence-corrected chi connectivity index (χ2v) is 7.84.